The van der Waals surface area contributed by atoms with E-state index in [9.17, 15) is 4.79 Å². The van der Waals surface area contributed by atoms with Crippen LogP contribution in [0.15, 0.2) is 41.3 Å². The van der Waals surface area contributed by atoms with Crippen LogP contribution in [-0.4, -0.2) is 34.4 Å². The van der Waals surface area contributed by atoms with E-state index >= 15 is 0 Å². The van der Waals surface area contributed by atoms with Crippen LogP contribution >= 0.6 is 23.1 Å². The van der Waals surface area contributed by atoms with Crippen LogP contribution in [0.3, 0.4) is 0 Å². The summed E-state index contributed by atoms with van der Waals surface area (Å²) < 4.78 is 0.796. The van der Waals surface area contributed by atoms with Crippen molar-refractivity contribution in [3.8, 4) is 0 Å². The third kappa shape index (κ3) is 3.56. The molecule has 0 saturated carbocycles. The van der Waals surface area contributed by atoms with Gasteiger partial charge in [-0.05, 0) is 25.0 Å². The molecule has 0 unspecified atom stereocenters. The van der Waals surface area contributed by atoms with E-state index in [1.807, 2.05) is 30.0 Å². The molecule has 1 aliphatic heterocycles. The van der Waals surface area contributed by atoms with Crippen molar-refractivity contribution in [2.45, 2.75) is 22.9 Å². The molecular formula is C16H18N4OS2. The Morgan fingerprint density at radius 1 is 1.52 bits per heavy atom. The number of carbonyl (C=O) groups excluding carboxylic acids is 1. The molecule has 1 aliphatic rings. The first-order valence-electron chi connectivity index (χ1n) is 7.43. The minimum absolute atomic E-state index is 0.121. The van der Waals surface area contributed by atoms with E-state index in [0.717, 1.165) is 28.1 Å². The number of hydrogen-bond acceptors (Lipinski definition) is 6. The van der Waals surface area contributed by atoms with E-state index in [-0.39, 0.29) is 11.2 Å². The second kappa shape index (κ2) is 7.14. The quantitative estimate of drug-likeness (QED) is 0.643. The van der Waals surface area contributed by atoms with Crippen molar-refractivity contribution in [3.05, 3.63) is 42.5 Å². The van der Waals surface area contributed by atoms with Crippen LogP contribution in [0.4, 0.5) is 10.8 Å². The molecule has 1 aromatic carbocycles. The molecule has 0 radical (unpaired) electrons. The molecule has 5 nitrogen and oxygen atoms in total. The molecule has 7 heteroatoms. The maximum absolute atomic E-state index is 12.7. The molecule has 0 aliphatic carbocycles. The molecule has 3 rings (SSSR count). The zero-order valence-electron chi connectivity index (χ0n) is 12.9. The van der Waals surface area contributed by atoms with Gasteiger partial charge in [-0.3, -0.25) is 4.79 Å². The van der Waals surface area contributed by atoms with Crippen molar-refractivity contribution < 1.29 is 4.79 Å². The number of nitrogens with zero attached hydrogens (tertiary/aromatic N) is 3. The van der Waals surface area contributed by atoms with Gasteiger partial charge in [0.1, 0.15) is 0 Å². The Kier molecular flexibility index (Phi) is 4.97. The summed E-state index contributed by atoms with van der Waals surface area (Å²) >= 11 is 2.91. The summed E-state index contributed by atoms with van der Waals surface area (Å²) in [6, 6.07) is 8.09. The highest BCUT2D eigenvalue weighted by molar-refractivity contribution is 8.02. The lowest BCUT2D eigenvalue weighted by atomic mass is 10.2. The third-order valence-electron chi connectivity index (χ3n) is 3.58. The highest BCUT2D eigenvalue weighted by atomic mass is 32.2. The van der Waals surface area contributed by atoms with Gasteiger partial charge in [-0.25, -0.2) is 0 Å². The number of aromatic nitrogens is 2. The molecule has 2 aromatic rings. The highest BCUT2D eigenvalue weighted by Crippen LogP contribution is 2.33. The van der Waals surface area contributed by atoms with E-state index < -0.39 is 0 Å². The molecule has 1 atom stereocenters. The topological polar surface area (TPSA) is 58.1 Å². The van der Waals surface area contributed by atoms with Crippen LogP contribution in [0, 0.1) is 0 Å². The normalized spacial score (nSPS) is 14.4. The Morgan fingerprint density at radius 3 is 3.17 bits per heavy atom. The average molecular weight is 346 g/mol. The Hall–Kier alpha value is -1.86. The van der Waals surface area contributed by atoms with Crippen molar-refractivity contribution in [1.29, 1.82) is 0 Å². The van der Waals surface area contributed by atoms with Gasteiger partial charge in [0, 0.05) is 18.8 Å². The van der Waals surface area contributed by atoms with Crippen molar-refractivity contribution in [3.63, 3.8) is 0 Å². The number of benzene rings is 1. The van der Waals surface area contributed by atoms with Gasteiger partial charge < -0.3 is 10.2 Å². The number of thioether (sulfide) groups is 1. The van der Waals surface area contributed by atoms with E-state index in [0.29, 0.717) is 6.54 Å². The fraction of sp³-hybridized carbons (Fsp3) is 0.312. The second-order valence-corrected chi connectivity index (χ2v) is 7.74. The van der Waals surface area contributed by atoms with E-state index in [4.69, 9.17) is 0 Å². The molecular weight excluding hydrogens is 328 g/mol. The summed E-state index contributed by atoms with van der Waals surface area (Å²) in [4.78, 5) is 14.6. The molecule has 1 aromatic heterocycles. The second-order valence-electron chi connectivity index (χ2n) is 5.17. The number of amides is 1. The molecule has 0 saturated heterocycles. The molecule has 0 fully saturated rings. The molecule has 0 bridgehead atoms. The van der Waals surface area contributed by atoms with Gasteiger partial charge in [-0.1, -0.05) is 47.4 Å². The number of nitrogens with one attached hydrogen (secondary N) is 1. The maximum atomic E-state index is 12.7. The number of rotatable bonds is 6. The lowest BCUT2D eigenvalue weighted by Crippen LogP contribution is -2.35. The van der Waals surface area contributed by atoms with Crippen molar-refractivity contribution in [2.75, 3.05) is 23.3 Å². The van der Waals surface area contributed by atoms with Gasteiger partial charge in [0.2, 0.25) is 11.0 Å². The molecule has 1 N–H and O–H groups in total. The number of anilines is 2. The predicted octanol–water partition coefficient (Wildman–Crippen LogP) is 3.21. The number of hydrogen-bond donors (Lipinski definition) is 1. The van der Waals surface area contributed by atoms with Gasteiger partial charge in [0.05, 0.1) is 5.25 Å². The monoisotopic (exact) mass is 346 g/mol. The van der Waals surface area contributed by atoms with E-state index in [2.05, 4.69) is 28.2 Å². The summed E-state index contributed by atoms with van der Waals surface area (Å²) in [5.41, 5.74) is 2.28. The summed E-state index contributed by atoms with van der Waals surface area (Å²) in [5, 5.41) is 11.8. The number of carbonyl (C=O) groups is 1. The summed E-state index contributed by atoms with van der Waals surface area (Å²) in [6.07, 6.45) is 2.69. The maximum Gasteiger partial charge on any atom is 0.240 e. The Morgan fingerprint density at radius 2 is 2.35 bits per heavy atom. The van der Waals surface area contributed by atoms with Crippen LogP contribution in [0.25, 0.3) is 0 Å². The molecule has 120 valence electrons. The standard InChI is InChI=1S/C16H18N4OS2/c1-3-9-17-15-18-19-16(23-15)22-11(2)14(21)20-10-8-12-6-4-5-7-13(12)20/h3-7,11H,1,8-10H2,2H3,(H,17,18)/t11-/m0/s1. The Balaban J connectivity index is 1.64. The first-order chi connectivity index (χ1) is 11.2. The largest absolute Gasteiger partial charge is 0.357 e. The zero-order valence-corrected chi connectivity index (χ0v) is 14.5. The van der Waals surface area contributed by atoms with Crippen molar-refractivity contribution >= 4 is 39.8 Å². The van der Waals surface area contributed by atoms with Crippen LogP contribution < -0.4 is 10.2 Å². The lowest BCUT2D eigenvalue weighted by Gasteiger charge is -2.20. The van der Waals surface area contributed by atoms with Crippen LogP contribution in [0.5, 0.6) is 0 Å². The van der Waals surface area contributed by atoms with Gasteiger partial charge in [-0.15, -0.1) is 16.8 Å². The van der Waals surface area contributed by atoms with Crippen LogP contribution in [-0.2, 0) is 11.2 Å². The van der Waals surface area contributed by atoms with Gasteiger partial charge >= 0.3 is 0 Å². The van der Waals surface area contributed by atoms with Gasteiger partial charge in [0.15, 0.2) is 4.34 Å². The molecule has 2 heterocycles. The lowest BCUT2D eigenvalue weighted by molar-refractivity contribution is -0.117. The first kappa shape index (κ1) is 16.0. The van der Waals surface area contributed by atoms with Gasteiger partial charge in [-0.2, -0.15) is 0 Å². The number of fused-ring (bicyclic) bond motifs is 1. The van der Waals surface area contributed by atoms with E-state index in [1.165, 1.54) is 28.7 Å². The average Bonchev–Trinajstić information content (AvgIpc) is 3.18. The van der Waals surface area contributed by atoms with Crippen LogP contribution in [0.2, 0.25) is 0 Å². The fourth-order valence-electron chi connectivity index (χ4n) is 2.48. The first-order valence-corrected chi connectivity index (χ1v) is 9.13. The Labute approximate surface area is 143 Å². The predicted molar refractivity (Wildman–Crippen MR) is 96.4 cm³/mol. The van der Waals surface area contributed by atoms with Crippen molar-refractivity contribution in [2.24, 2.45) is 0 Å². The SMILES string of the molecule is C=CCNc1nnc(S[C@@H](C)C(=O)N2CCc3ccccc32)s1. The molecule has 0 spiro atoms. The van der Waals surface area contributed by atoms with Gasteiger partial charge in [0.25, 0.3) is 0 Å². The minimum Gasteiger partial charge on any atom is -0.357 e. The smallest absolute Gasteiger partial charge is 0.240 e. The number of para-hydroxylation sites is 1. The molecule has 1 amide bonds. The fourth-order valence-corrected chi connectivity index (χ4v) is 4.44. The van der Waals surface area contributed by atoms with E-state index in [1.54, 1.807) is 6.08 Å². The summed E-state index contributed by atoms with van der Waals surface area (Å²) in [6.45, 7) is 6.98. The third-order valence-corrected chi connectivity index (χ3v) is 5.64. The zero-order chi connectivity index (χ0) is 16.2. The highest BCUT2D eigenvalue weighted by Gasteiger charge is 2.28. The Bertz CT molecular complexity index is 716. The summed E-state index contributed by atoms with van der Waals surface area (Å²) in [7, 11) is 0. The summed E-state index contributed by atoms with van der Waals surface area (Å²) in [5.74, 6) is 0.121. The van der Waals surface area contributed by atoms with Crippen LogP contribution in [0.1, 0.15) is 12.5 Å². The minimum atomic E-state index is -0.193. The molecule has 23 heavy (non-hydrogen) atoms. The van der Waals surface area contributed by atoms with Crippen molar-refractivity contribution in [1.82, 2.24) is 10.2 Å².